The second kappa shape index (κ2) is 6.85. The van der Waals surface area contributed by atoms with Crippen LogP contribution >= 0.6 is 15.9 Å². The van der Waals surface area contributed by atoms with Crippen LogP contribution in [-0.4, -0.2) is 9.90 Å². The van der Waals surface area contributed by atoms with Gasteiger partial charge in [-0.05, 0) is 37.0 Å². The Balaban J connectivity index is 1.89. The fraction of sp³-hybridized carbons (Fsp3) is 0.467. The molecule has 1 aliphatic carbocycles. The van der Waals surface area contributed by atoms with Crippen LogP contribution in [0.15, 0.2) is 24.4 Å². The third-order valence-electron chi connectivity index (χ3n) is 3.17. The summed E-state index contributed by atoms with van der Waals surface area (Å²) in [4.78, 5) is 0. The Bertz CT molecular complexity index is 401. The molecule has 0 amide bonds. The maximum absolute atomic E-state index is 3.48. The number of unbranched alkanes of at least 4 members (excludes halogenated alkanes) is 3. The van der Waals surface area contributed by atoms with Crippen LogP contribution in [0.25, 0.3) is 12.2 Å². The van der Waals surface area contributed by atoms with E-state index in [2.05, 4.69) is 57.1 Å². The highest BCUT2D eigenvalue weighted by molar-refractivity contribution is 9.09. The average Bonchev–Trinajstić information content (AvgIpc) is 2.59. The highest BCUT2D eigenvalue weighted by Gasteiger charge is 2.05. The van der Waals surface area contributed by atoms with Gasteiger partial charge >= 0.3 is 0 Å². The van der Waals surface area contributed by atoms with Gasteiger partial charge in [-0.3, -0.25) is 0 Å². The molecule has 0 aliphatic heterocycles. The highest BCUT2D eigenvalue weighted by Crippen LogP contribution is 2.19. The minimum Gasteiger partial charge on any atom is -0.347 e. The second-order valence-corrected chi connectivity index (χ2v) is 5.29. The molecule has 0 aromatic carbocycles. The number of nitrogens with zero attached hydrogens (tertiary/aromatic N) is 1. The third-order valence-corrected chi connectivity index (χ3v) is 3.73. The lowest BCUT2D eigenvalue weighted by molar-refractivity contribution is 0.584. The first kappa shape index (κ1) is 12.7. The van der Waals surface area contributed by atoms with E-state index >= 15 is 0 Å². The summed E-state index contributed by atoms with van der Waals surface area (Å²) < 4.78 is 2.38. The van der Waals surface area contributed by atoms with Crippen molar-refractivity contribution in [2.75, 3.05) is 5.33 Å². The lowest BCUT2D eigenvalue weighted by atomic mass is 10.2. The molecular formula is C15H20BrN. The Morgan fingerprint density at radius 3 is 2.76 bits per heavy atom. The zero-order valence-corrected chi connectivity index (χ0v) is 11.8. The van der Waals surface area contributed by atoms with Gasteiger partial charge in [-0.25, -0.2) is 0 Å². The molecule has 1 aromatic rings. The van der Waals surface area contributed by atoms with Crippen LogP contribution in [0, 0.1) is 0 Å². The summed E-state index contributed by atoms with van der Waals surface area (Å²) in [7, 11) is 0. The molecule has 1 aromatic heterocycles. The molecule has 17 heavy (non-hydrogen) atoms. The first-order chi connectivity index (χ1) is 8.42. The van der Waals surface area contributed by atoms with Crippen LogP contribution in [0.3, 0.4) is 0 Å². The normalized spacial score (nSPS) is 13.7. The molecule has 1 aliphatic rings. The first-order valence-electron chi connectivity index (χ1n) is 6.50. The van der Waals surface area contributed by atoms with E-state index in [1.807, 2.05) is 0 Å². The Morgan fingerprint density at radius 2 is 1.88 bits per heavy atom. The molecule has 1 nitrogen and oxygen atoms in total. The number of allylic oxidation sites excluding steroid dienone is 2. The minimum absolute atomic E-state index is 1.06. The molecule has 0 N–H and O–H groups in total. The van der Waals surface area contributed by atoms with E-state index in [0.29, 0.717) is 0 Å². The van der Waals surface area contributed by atoms with E-state index in [1.54, 1.807) is 0 Å². The van der Waals surface area contributed by atoms with E-state index in [4.69, 9.17) is 0 Å². The number of aryl methyl sites for hydroxylation is 1. The lowest BCUT2D eigenvalue weighted by Crippen LogP contribution is -1.99. The van der Waals surface area contributed by atoms with Gasteiger partial charge in [0.2, 0.25) is 0 Å². The molecule has 0 unspecified atom stereocenters. The van der Waals surface area contributed by atoms with Gasteiger partial charge < -0.3 is 4.57 Å². The summed E-state index contributed by atoms with van der Waals surface area (Å²) >= 11 is 3.48. The van der Waals surface area contributed by atoms with Crippen molar-refractivity contribution < 1.29 is 0 Å². The highest BCUT2D eigenvalue weighted by atomic mass is 79.9. The molecule has 0 atom stereocenters. The van der Waals surface area contributed by atoms with Crippen LogP contribution in [0.2, 0.25) is 0 Å². The van der Waals surface area contributed by atoms with Crippen molar-refractivity contribution in [1.29, 1.82) is 0 Å². The van der Waals surface area contributed by atoms with Crippen molar-refractivity contribution >= 4 is 28.1 Å². The van der Waals surface area contributed by atoms with Gasteiger partial charge in [0, 0.05) is 23.8 Å². The molecular weight excluding hydrogens is 274 g/mol. The zero-order chi connectivity index (χ0) is 11.9. The number of hydrogen-bond donors (Lipinski definition) is 0. The predicted molar refractivity (Wildman–Crippen MR) is 79.4 cm³/mol. The van der Waals surface area contributed by atoms with Crippen LogP contribution in [0.4, 0.5) is 0 Å². The van der Waals surface area contributed by atoms with Gasteiger partial charge in [0.05, 0.1) is 0 Å². The van der Waals surface area contributed by atoms with Gasteiger partial charge in [0.15, 0.2) is 0 Å². The molecule has 0 saturated heterocycles. The molecule has 2 heteroatoms. The fourth-order valence-corrected chi connectivity index (χ4v) is 2.61. The topological polar surface area (TPSA) is 4.93 Å². The van der Waals surface area contributed by atoms with E-state index in [9.17, 15) is 0 Å². The molecule has 92 valence electrons. The Morgan fingerprint density at radius 1 is 1.06 bits per heavy atom. The van der Waals surface area contributed by atoms with Crippen LogP contribution in [-0.2, 0) is 6.54 Å². The maximum Gasteiger partial charge on any atom is 0.0477 e. The largest absolute Gasteiger partial charge is 0.347 e. The van der Waals surface area contributed by atoms with E-state index in [1.165, 1.54) is 36.9 Å². The summed E-state index contributed by atoms with van der Waals surface area (Å²) in [6.07, 6.45) is 17.5. The van der Waals surface area contributed by atoms with Crippen molar-refractivity contribution in [2.45, 2.75) is 38.6 Å². The Labute approximate surface area is 112 Å². The number of fused-ring (bicyclic) bond motifs is 1. The number of halogens is 1. The van der Waals surface area contributed by atoms with Gasteiger partial charge in [-0.1, -0.05) is 47.0 Å². The van der Waals surface area contributed by atoms with Crippen molar-refractivity contribution in [3.05, 3.63) is 35.7 Å². The van der Waals surface area contributed by atoms with Crippen molar-refractivity contribution in [2.24, 2.45) is 0 Å². The summed E-state index contributed by atoms with van der Waals surface area (Å²) in [6, 6.07) is 2.22. The molecule has 0 bridgehead atoms. The van der Waals surface area contributed by atoms with Crippen molar-refractivity contribution in [1.82, 2.24) is 4.57 Å². The average molecular weight is 294 g/mol. The molecule has 1 heterocycles. The number of rotatable bonds is 6. The molecule has 0 spiro atoms. The number of alkyl halides is 1. The minimum atomic E-state index is 1.06. The maximum atomic E-state index is 3.48. The van der Waals surface area contributed by atoms with Gasteiger partial charge in [-0.15, -0.1) is 0 Å². The molecule has 0 saturated carbocycles. The van der Waals surface area contributed by atoms with Crippen LogP contribution in [0.1, 0.15) is 43.4 Å². The standard InChI is InChI=1S/C15H20BrN/c16-11-6-1-2-7-12-17-13-10-14-8-4-3-5-9-15(14)17/h4-5,8-10,13H,1-3,6-7,11-12H2. The summed E-state index contributed by atoms with van der Waals surface area (Å²) in [6.45, 7) is 1.15. The predicted octanol–water partition coefficient (Wildman–Crippen LogP) is 4.87. The lowest BCUT2D eigenvalue weighted by Gasteiger charge is -2.06. The van der Waals surface area contributed by atoms with E-state index in [0.717, 1.165) is 18.3 Å². The van der Waals surface area contributed by atoms with E-state index < -0.39 is 0 Å². The molecule has 0 radical (unpaired) electrons. The van der Waals surface area contributed by atoms with E-state index in [-0.39, 0.29) is 0 Å². The van der Waals surface area contributed by atoms with Crippen LogP contribution < -0.4 is 0 Å². The second-order valence-electron chi connectivity index (χ2n) is 4.49. The SMILES string of the molecule is BrCCCCCCn1ccc2c1C=CCC=C2. The first-order valence-corrected chi connectivity index (χ1v) is 7.62. The molecule has 0 fully saturated rings. The van der Waals surface area contributed by atoms with Gasteiger partial charge in [-0.2, -0.15) is 0 Å². The van der Waals surface area contributed by atoms with Gasteiger partial charge in [0.25, 0.3) is 0 Å². The number of aromatic nitrogens is 1. The summed E-state index contributed by atoms with van der Waals surface area (Å²) in [5.74, 6) is 0. The Kier molecular flexibility index (Phi) is 5.11. The summed E-state index contributed by atoms with van der Waals surface area (Å²) in [5.41, 5.74) is 2.73. The zero-order valence-electron chi connectivity index (χ0n) is 10.2. The monoisotopic (exact) mass is 293 g/mol. The molecule has 2 rings (SSSR count). The fourth-order valence-electron chi connectivity index (χ4n) is 2.21. The van der Waals surface area contributed by atoms with Crippen molar-refractivity contribution in [3.63, 3.8) is 0 Å². The third kappa shape index (κ3) is 3.60. The van der Waals surface area contributed by atoms with Crippen LogP contribution in [0.5, 0.6) is 0 Å². The van der Waals surface area contributed by atoms with Gasteiger partial charge in [0.1, 0.15) is 0 Å². The smallest absolute Gasteiger partial charge is 0.0477 e. The van der Waals surface area contributed by atoms with Crippen molar-refractivity contribution in [3.8, 4) is 0 Å². The quantitative estimate of drug-likeness (QED) is 0.521. The summed E-state index contributed by atoms with van der Waals surface area (Å²) in [5, 5.41) is 1.14. The Hall–Kier alpha value is -0.760. The number of hydrogen-bond acceptors (Lipinski definition) is 0.